The molecule has 0 heterocycles. The van der Waals surface area contributed by atoms with E-state index in [2.05, 4.69) is 4.74 Å². The summed E-state index contributed by atoms with van der Waals surface area (Å²) in [6.07, 6.45) is 3.81. The van der Waals surface area contributed by atoms with E-state index in [1.54, 1.807) is 6.08 Å². The Hall–Kier alpha value is -1.43. The third-order valence-electron chi connectivity index (χ3n) is 4.99. The van der Waals surface area contributed by atoms with Gasteiger partial charge in [-0.05, 0) is 37.2 Å². The van der Waals surface area contributed by atoms with Crippen molar-refractivity contribution in [3.05, 3.63) is 21.9 Å². The third kappa shape index (κ3) is 2.57. The normalized spacial score (nSPS) is 36.1. The van der Waals surface area contributed by atoms with Crippen molar-refractivity contribution in [3.8, 4) is 0 Å². The Balaban J connectivity index is 2.21. The summed E-state index contributed by atoms with van der Waals surface area (Å²) in [5, 5.41) is 21.3. The summed E-state index contributed by atoms with van der Waals surface area (Å²) in [5.41, 5.74) is -0.280. The number of carbonyl (C=O) groups excluding carboxylic acids is 1. The van der Waals surface area contributed by atoms with Gasteiger partial charge in [0, 0.05) is 18.3 Å². The molecular formula is C14H21NO5. The van der Waals surface area contributed by atoms with Crippen molar-refractivity contribution in [1.82, 2.24) is 0 Å². The van der Waals surface area contributed by atoms with Gasteiger partial charge in [-0.2, -0.15) is 0 Å². The minimum Gasteiger partial charge on any atom is -0.469 e. The predicted molar refractivity (Wildman–Crippen MR) is 71.3 cm³/mol. The van der Waals surface area contributed by atoms with E-state index in [-0.39, 0.29) is 34.8 Å². The van der Waals surface area contributed by atoms with Crippen molar-refractivity contribution in [3.63, 3.8) is 0 Å². The molecule has 0 aliphatic heterocycles. The Bertz CT molecular complexity index is 447. The van der Waals surface area contributed by atoms with Gasteiger partial charge in [0.2, 0.25) is 5.70 Å². The number of hydrogen-bond acceptors (Lipinski definition) is 5. The standard InChI is InChI=1S/C14H21NO5/c1-14-8-10(15(18)19)7-9(3-6-13(17)20-2)11(14)4-5-12(14)16/h7,9,11-12,16H,3-6,8H2,1-2H3/t9-,11+,12+,14+/m1/s1. The van der Waals surface area contributed by atoms with Crippen LogP contribution in [0.1, 0.15) is 39.0 Å². The van der Waals surface area contributed by atoms with Crippen LogP contribution in [0.25, 0.3) is 0 Å². The molecule has 0 amide bonds. The average molecular weight is 283 g/mol. The maximum absolute atomic E-state index is 11.3. The van der Waals surface area contributed by atoms with Gasteiger partial charge in [-0.15, -0.1) is 0 Å². The molecule has 0 aromatic heterocycles. The molecule has 2 aliphatic carbocycles. The molecule has 0 spiro atoms. The van der Waals surface area contributed by atoms with Crippen LogP contribution in [0.5, 0.6) is 0 Å². The lowest BCUT2D eigenvalue weighted by atomic mass is 9.64. The second-order valence-electron chi connectivity index (χ2n) is 6.08. The summed E-state index contributed by atoms with van der Waals surface area (Å²) in [6, 6.07) is 0. The second-order valence-corrected chi connectivity index (χ2v) is 6.08. The monoisotopic (exact) mass is 283 g/mol. The maximum atomic E-state index is 11.3. The van der Waals surface area contributed by atoms with Crippen molar-refractivity contribution in [2.45, 2.75) is 45.1 Å². The van der Waals surface area contributed by atoms with Gasteiger partial charge in [0.05, 0.1) is 18.1 Å². The Kier molecular flexibility index (Phi) is 4.13. The first kappa shape index (κ1) is 15.0. The highest BCUT2D eigenvalue weighted by atomic mass is 16.6. The van der Waals surface area contributed by atoms with Crippen LogP contribution in [-0.2, 0) is 9.53 Å². The first-order valence-electron chi connectivity index (χ1n) is 6.98. The van der Waals surface area contributed by atoms with Crippen molar-refractivity contribution < 1.29 is 19.6 Å². The lowest BCUT2D eigenvalue weighted by molar-refractivity contribution is -0.433. The predicted octanol–water partition coefficient (Wildman–Crippen LogP) is 1.90. The van der Waals surface area contributed by atoms with Gasteiger partial charge in [0.15, 0.2) is 0 Å². The maximum Gasteiger partial charge on any atom is 0.305 e. The van der Waals surface area contributed by atoms with E-state index in [1.807, 2.05) is 6.92 Å². The highest BCUT2D eigenvalue weighted by molar-refractivity contribution is 5.69. The number of aliphatic hydroxyl groups is 1. The van der Waals surface area contributed by atoms with Crippen molar-refractivity contribution in [2.24, 2.45) is 17.3 Å². The van der Waals surface area contributed by atoms with Crippen LogP contribution in [0.4, 0.5) is 0 Å². The van der Waals surface area contributed by atoms with Gasteiger partial charge >= 0.3 is 5.97 Å². The van der Waals surface area contributed by atoms with Gasteiger partial charge < -0.3 is 9.84 Å². The highest BCUT2D eigenvalue weighted by Crippen LogP contribution is 2.54. The fourth-order valence-corrected chi connectivity index (χ4v) is 3.80. The molecule has 0 bridgehead atoms. The second kappa shape index (κ2) is 5.52. The summed E-state index contributed by atoms with van der Waals surface area (Å²) in [4.78, 5) is 22.0. The highest BCUT2D eigenvalue weighted by Gasteiger charge is 2.53. The SMILES string of the molecule is COC(=O)CC[C@@H]1C=C([N+](=O)[O-])C[C@]2(C)[C@@H](O)CC[C@@H]12. The molecule has 6 nitrogen and oxygen atoms in total. The molecule has 0 saturated heterocycles. The van der Waals surface area contributed by atoms with Crippen LogP contribution in [-0.4, -0.2) is 29.2 Å². The molecule has 1 fully saturated rings. The number of esters is 1. The van der Waals surface area contributed by atoms with E-state index in [1.165, 1.54) is 7.11 Å². The minimum absolute atomic E-state index is 0.0367. The van der Waals surface area contributed by atoms with Crippen LogP contribution in [0.3, 0.4) is 0 Å². The van der Waals surface area contributed by atoms with Gasteiger partial charge in [-0.1, -0.05) is 6.92 Å². The van der Waals surface area contributed by atoms with Crippen LogP contribution < -0.4 is 0 Å². The van der Waals surface area contributed by atoms with E-state index in [9.17, 15) is 20.0 Å². The summed E-state index contributed by atoms with van der Waals surface area (Å²) >= 11 is 0. The molecule has 112 valence electrons. The smallest absolute Gasteiger partial charge is 0.305 e. The number of hydrogen-bond donors (Lipinski definition) is 1. The molecule has 1 N–H and O–H groups in total. The van der Waals surface area contributed by atoms with Gasteiger partial charge in [-0.3, -0.25) is 14.9 Å². The first-order valence-corrected chi connectivity index (χ1v) is 6.98. The third-order valence-corrected chi connectivity index (χ3v) is 4.99. The van der Waals surface area contributed by atoms with Gasteiger partial charge in [0.25, 0.3) is 0 Å². The number of nitrogens with zero attached hydrogens (tertiary/aromatic N) is 1. The van der Waals surface area contributed by atoms with Crippen LogP contribution in [0.2, 0.25) is 0 Å². The van der Waals surface area contributed by atoms with Crippen LogP contribution in [0, 0.1) is 27.4 Å². The van der Waals surface area contributed by atoms with E-state index in [0.717, 1.165) is 6.42 Å². The molecule has 0 aromatic rings. The number of methoxy groups -OCH3 is 1. The number of allylic oxidation sites excluding steroid dienone is 2. The Morgan fingerprint density at radius 3 is 2.90 bits per heavy atom. The number of fused-ring (bicyclic) bond motifs is 1. The van der Waals surface area contributed by atoms with E-state index in [0.29, 0.717) is 19.3 Å². The topological polar surface area (TPSA) is 89.7 Å². The number of carbonyl (C=O) groups is 1. The van der Waals surface area contributed by atoms with Crippen LogP contribution >= 0.6 is 0 Å². The number of nitro groups is 1. The first-order chi connectivity index (χ1) is 9.38. The molecule has 20 heavy (non-hydrogen) atoms. The molecular weight excluding hydrogens is 262 g/mol. The largest absolute Gasteiger partial charge is 0.469 e. The van der Waals surface area contributed by atoms with E-state index in [4.69, 9.17) is 0 Å². The molecule has 1 saturated carbocycles. The lowest BCUT2D eigenvalue weighted by Crippen LogP contribution is -2.40. The minimum atomic E-state index is -0.503. The zero-order valence-electron chi connectivity index (χ0n) is 11.9. The molecule has 0 aromatic carbocycles. The number of ether oxygens (including phenoxy) is 1. The summed E-state index contributed by atoms with van der Waals surface area (Å²) in [6.45, 7) is 1.93. The van der Waals surface area contributed by atoms with E-state index >= 15 is 0 Å². The molecule has 0 unspecified atom stereocenters. The molecule has 2 rings (SSSR count). The molecule has 0 radical (unpaired) electrons. The zero-order chi connectivity index (χ0) is 14.9. The molecule has 2 aliphatic rings. The molecule has 4 atom stereocenters. The Morgan fingerprint density at radius 1 is 1.60 bits per heavy atom. The average Bonchev–Trinajstić information content (AvgIpc) is 2.71. The van der Waals surface area contributed by atoms with Crippen molar-refractivity contribution >= 4 is 5.97 Å². The number of aliphatic hydroxyl groups excluding tert-OH is 1. The van der Waals surface area contributed by atoms with Gasteiger partial charge in [0.1, 0.15) is 0 Å². The molecule has 6 heteroatoms. The van der Waals surface area contributed by atoms with E-state index < -0.39 is 11.5 Å². The fraction of sp³-hybridized carbons (Fsp3) is 0.786. The van der Waals surface area contributed by atoms with Gasteiger partial charge in [-0.25, -0.2) is 0 Å². The Morgan fingerprint density at radius 2 is 2.30 bits per heavy atom. The quantitative estimate of drug-likeness (QED) is 0.483. The summed E-state index contributed by atoms with van der Waals surface area (Å²) in [5.74, 6) is -0.136. The van der Waals surface area contributed by atoms with Crippen molar-refractivity contribution in [2.75, 3.05) is 7.11 Å². The van der Waals surface area contributed by atoms with Crippen LogP contribution in [0.15, 0.2) is 11.8 Å². The number of rotatable bonds is 4. The fourth-order valence-electron chi connectivity index (χ4n) is 3.80. The summed E-state index contributed by atoms with van der Waals surface area (Å²) in [7, 11) is 1.34. The van der Waals surface area contributed by atoms with Crippen molar-refractivity contribution in [1.29, 1.82) is 0 Å². The summed E-state index contributed by atoms with van der Waals surface area (Å²) < 4.78 is 4.63. The zero-order valence-corrected chi connectivity index (χ0v) is 11.9. The Labute approximate surface area is 118 Å². The lowest BCUT2D eigenvalue weighted by Gasteiger charge is -2.40.